The molecule has 1 aliphatic carbocycles. The highest BCUT2D eigenvalue weighted by Crippen LogP contribution is 2.37. The average molecular weight is 488 g/mol. The van der Waals surface area contributed by atoms with Crippen molar-refractivity contribution in [3.8, 4) is 23.1 Å². The minimum atomic E-state index is -0.926. The Bertz CT molecular complexity index is 1290. The average Bonchev–Trinajstić information content (AvgIpc) is 3.46. The van der Waals surface area contributed by atoms with E-state index in [4.69, 9.17) is 45.6 Å². The number of halogens is 3. The monoisotopic (exact) mass is 486 g/mol. The molecule has 1 saturated carbocycles. The minimum absolute atomic E-state index is 0.167. The highest BCUT2D eigenvalue weighted by atomic mass is 35.5. The first-order valence-electron chi connectivity index (χ1n) is 9.62. The van der Waals surface area contributed by atoms with Crippen LogP contribution < -0.4 is 11.1 Å². The predicted molar refractivity (Wildman–Crippen MR) is 125 cm³/mol. The number of nitrogens with one attached hydrogen (secondary N) is 1. The van der Waals surface area contributed by atoms with E-state index in [0.717, 1.165) is 16.8 Å². The van der Waals surface area contributed by atoms with Crippen LogP contribution in [0.3, 0.4) is 0 Å². The summed E-state index contributed by atoms with van der Waals surface area (Å²) in [5.41, 5.74) is 7.87. The van der Waals surface area contributed by atoms with Crippen molar-refractivity contribution < 1.29 is 4.79 Å². The zero-order valence-corrected chi connectivity index (χ0v) is 19.1. The first-order chi connectivity index (χ1) is 15.3. The Morgan fingerprint density at radius 2 is 1.84 bits per heavy atom. The Morgan fingerprint density at radius 3 is 2.41 bits per heavy atom. The number of rotatable bonds is 5. The number of nitrogens with two attached hydrogens (primary N) is 1. The quantitative estimate of drug-likeness (QED) is 0.310. The standard InChI is InChI=1S/C22H17Cl3N6O/c1-12-18(20(28-11-26)29-22(8-9-22)21(27)32)30-31(17-7-6-15(24)10-16(17)25)19(12)13-2-4-14(23)5-3-13/h2-7,10H,8-9H2,1H3,(H2,27,32)(H,28,29). The molecule has 1 heterocycles. The number of benzene rings is 2. The van der Waals surface area contributed by atoms with Crippen molar-refractivity contribution >= 4 is 46.5 Å². The number of aromatic nitrogens is 2. The van der Waals surface area contributed by atoms with E-state index in [1.54, 1.807) is 41.2 Å². The molecule has 0 spiro atoms. The number of hydrogen-bond donors (Lipinski definition) is 2. The van der Waals surface area contributed by atoms with Crippen LogP contribution in [-0.2, 0) is 4.79 Å². The van der Waals surface area contributed by atoms with Gasteiger partial charge in [-0.3, -0.25) is 4.79 Å². The molecule has 0 saturated heterocycles. The van der Waals surface area contributed by atoms with Crippen LogP contribution in [0.25, 0.3) is 16.9 Å². The van der Waals surface area contributed by atoms with Crippen molar-refractivity contribution in [2.45, 2.75) is 25.3 Å². The summed E-state index contributed by atoms with van der Waals surface area (Å²) in [5.74, 6) is -0.334. The van der Waals surface area contributed by atoms with Gasteiger partial charge in [0.05, 0.1) is 16.4 Å². The Morgan fingerprint density at radius 1 is 1.19 bits per heavy atom. The number of carbonyl (C=O) groups excluding carboxylic acids is 1. The van der Waals surface area contributed by atoms with Crippen LogP contribution in [-0.4, -0.2) is 27.1 Å². The lowest BCUT2D eigenvalue weighted by Crippen LogP contribution is -2.47. The molecule has 0 radical (unpaired) electrons. The SMILES string of the molecule is Cc1c(C(=NC#N)NC2(C(N)=O)CC2)nn(-c2ccc(Cl)cc2Cl)c1-c1ccc(Cl)cc1. The molecular weight excluding hydrogens is 471 g/mol. The largest absolute Gasteiger partial charge is 0.368 e. The third-order valence-corrected chi connectivity index (χ3v) is 6.13. The zero-order valence-electron chi connectivity index (χ0n) is 16.9. The molecule has 10 heteroatoms. The van der Waals surface area contributed by atoms with Crippen molar-refractivity contribution in [2.24, 2.45) is 10.7 Å². The molecule has 0 atom stereocenters. The number of nitriles is 1. The van der Waals surface area contributed by atoms with E-state index >= 15 is 0 Å². The van der Waals surface area contributed by atoms with Gasteiger partial charge in [-0.15, -0.1) is 0 Å². The number of aliphatic imine (C=N–C) groups is 1. The fourth-order valence-electron chi connectivity index (χ4n) is 3.47. The first kappa shape index (κ1) is 22.2. The lowest BCUT2D eigenvalue weighted by atomic mass is 10.1. The van der Waals surface area contributed by atoms with Crippen molar-refractivity contribution in [1.82, 2.24) is 15.1 Å². The molecule has 1 aromatic heterocycles. The lowest BCUT2D eigenvalue weighted by Gasteiger charge is -2.15. The summed E-state index contributed by atoms with van der Waals surface area (Å²) >= 11 is 18.6. The summed E-state index contributed by atoms with van der Waals surface area (Å²) in [5, 5.41) is 18.5. The van der Waals surface area contributed by atoms with Gasteiger partial charge in [0.2, 0.25) is 12.1 Å². The summed E-state index contributed by atoms with van der Waals surface area (Å²) in [6.07, 6.45) is 2.89. The Kier molecular flexibility index (Phi) is 5.87. The third kappa shape index (κ3) is 4.05. The first-order valence-corrected chi connectivity index (χ1v) is 10.8. The molecule has 1 aliphatic rings. The van der Waals surface area contributed by atoms with Crippen LogP contribution >= 0.6 is 34.8 Å². The molecule has 4 rings (SSSR count). The van der Waals surface area contributed by atoms with E-state index in [1.807, 2.05) is 19.1 Å². The van der Waals surface area contributed by atoms with Gasteiger partial charge >= 0.3 is 0 Å². The number of amides is 1. The highest BCUT2D eigenvalue weighted by molar-refractivity contribution is 6.35. The maximum absolute atomic E-state index is 11.9. The van der Waals surface area contributed by atoms with Crippen LogP contribution in [0.4, 0.5) is 0 Å². The van der Waals surface area contributed by atoms with Gasteiger partial charge in [0, 0.05) is 21.2 Å². The van der Waals surface area contributed by atoms with Gasteiger partial charge in [0.15, 0.2) is 5.84 Å². The summed E-state index contributed by atoms with van der Waals surface area (Å²) in [6, 6.07) is 12.3. The molecule has 162 valence electrons. The van der Waals surface area contributed by atoms with Gasteiger partial charge in [-0.1, -0.05) is 46.9 Å². The second-order valence-corrected chi connectivity index (χ2v) is 8.75. The maximum atomic E-state index is 11.9. The van der Waals surface area contributed by atoms with Crippen molar-refractivity contribution in [3.05, 3.63) is 68.8 Å². The molecule has 0 aliphatic heterocycles. The molecule has 7 nitrogen and oxygen atoms in total. The minimum Gasteiger partial charge on any atom is -0.368 e. The van der Waals surface area contributed by atoms with Gasteiger partial charge in [0.1, 0.15) is 11.2 Å². The van der Waals surface area contributed by atoms with Gasteiger partial charge in [-0.25, -0.2) is 4.68 Å². The molecular formula is C22H17Cl3N6O. The lowest BCUT2D eigenvalue weighted by molar-refractivity contribution is -0.120. The molecule has 0 bridgehead atoms. The molecule has 32 heavy (non-hydrogen) atoms. The normalized spacial score (nSPS) is 14.7. The molecule has 3 aromatic rings. The number of carbonyl (C=O) groups is 1. The maximum Gasteiger partial charge on any atom is 0.243 e. The summed E-state index contributed by atoms with van der Waals surface area (Å²) in [6.45, 7) is 1.85. The predicted octanol–water partition coefficient (Wildman–Crippen LogP) is 4.64. The van der Waals surface area contributed by atoms with Gasteiger partial charge in [-0.05, 0) is 50.1 Å². The van der Waals surface area contributed by atoms with Gasteiger partial charge in [0.25, 0.3) is 0 Å². The summed E-state index contributed by atoms with van der Waals surface area (Å²) in [7, 11) is 0. The molecule has 1 amide bonds. The van der Waals surface area contributed by atoms with E-state index in [-0.39, 0.29) is 5.84 Å². The molecule has 3 N–H and O–H groups in total. The van der Waals surface area contributed by atoms with Crippen LogP contribution in [0.1, 0.15) is 24.1 Å². The molecule has 1 fully saturated rings. The van der Waals surface area contributed by atoms with Gasteiger partial charge in [-0.2, -0.15) is 15.4 Å². The van der Waals surface area contributed by atoms with E-state index in [2.05, 4.69) is 10.3 Å². The topological polar surface area (TPSA) is 109 Å². The molecule has 2 aromatic carbocycles. The van der Waals surface area contributed by atoms with Crippen molar-refractivity contribution in [3.63, 3.8) is 0 Å². The second kappa shape index (κ2) is 8.47. The van der Waals surface area contributed by atoms with Crippen LogP contribution in [0.15, 0.2) is 47.5 Å². The van der Waals surface area contributed by atoms with E-state index < -0.39 is 11.4 Å². The summed E-state index contributed by atoms with van der Waals surface area (Å²) < 4.78 is 1.66. The smallest absolute Gasteiger partial charge is 0.243 e. The Balaban J connectivity index is 1.93. The van der Waals surface area contributed by atoms with Gasteiger partial charge < -0.3 is 11.1 Å². The second-order valence-electron chi connectivity index (χ2n) is 7.47. The van der Waals surface area contributed by atoms with E-state index in [1.165, 1.54) is 0 Å². The fraction of sp³-hybridized carbons (Fsp3) is 0.182. The zero-order chi connectivity index (χ0) is 23.0. The van der Waals surface area contributed by atoms with Crippen LogP contribution in [0.2, 0.25) is 15.1 Å². The fourth-order valence-corrected chi connectivity index (χ4v) is 4.08. The number of nitrogens with zero attached hydrogens (tertiary/aromatic N) is 4. The van der Waals surface area contributed by atoms with Crippen LogP contribution in [0, 0.1) is 18.4 Å². The van der Waals surface area contributed by atoms with E-state index in [0.29, 0.717) is 39.3 Å². The number of amidine groups is 1. The van der Waals surface area contributed by atoms with E-state index in [9.17, 15) is 10.1 Å². The Hall–Kier alpha value is -3.05. The third-order valence-electron chi connectivity index (χ3n) is 5.34. The summed E-state index contributed by atoms with van der Waals surface area (Å²) in [4.78, 5) is 15.8. The van der Waals surface area contributed by atoms with Crippen LogP contribution in [0.5, 0.6) is 0 Å². The highest BCUT2D eigenvalue weighted by Gasteiger charge is 2.50. The number of hydrogen-bond acceptors (Lipinski definition) is 4. The van der Waals surface area contributed by atoms with Crippen molar-refractivity contribution in [1.29, 1.82) is 5.26 Å². The Labute approximate surface area is 199 Å². The number of primary amides is 1. The van der Waals surface area contributed by atoms with Crippen molar-refractivity contribution in [2.75, 3.05) is 0 Å². The molecule has 0 unspecified atom stereocenters.